The van der Waals surface area contributed by atoms with Crippen LogP contribution in [0.2, 0.25) is 0 Å². The highest BCUT2D eigenvalue weighted by Crippen LogP contribution is 2.41. The summed E-state index contributed by atoms with van der Waals surface area (Å²) in [6, 6.07) is 9.30. The first-order valence-corrected chi connectivity index (χ1v) is 7.90. The second kappa shape index (κ2) is 6.58. The van der Waals surface area contributed by atoms with E-state index in [1.165, 1.54) is 11.1 Å². The van der Waals surface area contributed by atoms with Gasteiger partial charge in [0.2, 0.25) is 5.91 Å². The van der Waals surface area contributed by atoms with Gasteiger partial charge in [0, 0.05) is 19.7 Å². The summed E-state index contributed by atoms with van der Waals surface area (Å²) in [4.78, 5) is 14.8. The normalized spacial score (nSPS) is 20.3. The molecule has 0 radical (unpaired) electrons. The van der Waals surface area contributed by atoms with Crippen LogP contribution in [0.25, 0.3) is 0 Å². The first-order valence-electron chi connectivity index (χ1n) is 7.90. The summed E-state index contributed by atoms with van der Waals surface area (Å²) in [5.74, 6) is 0.232. The van der Waals surface area contributed by atoms with Gasteiger partial charge in [-0.1, -0.05) is 24.3 Å². The van der Waals surface area contributed by atoms with Crippen molar-refractivity contribution < 1.29 is 9.53 Å². The highest BCUT2D eigenvalue weighted by molar-refractivity contribution is 5.79. The molecule has 0 heterocycles. The molecule has 4 nitrogen and oxygen atoms in total. The number of amides is 1. The minimum absolute atomic E-state index is 0.232. The van der Waals surface area contributed by atoms with Gasteiger partial charge in [-0.15, -0.1) is 0 Å². The van der Waals surface area contributed by atoms with Gasteiger partial charge in [-0.2, -0.15) is 0 Å². The number of hydrogen-bond acceptors (Lipinski definition) is 3. The molecule has 0 bridgehead atoms. The number of ether oxygens (including phenoxy) is 1. The Hall–Kier alpha value is -1.39. The van der Waals surface area contributed by atoms with Crippen molar-refractivity contribution in [3.63, 3.8) is 0 Å². The number of aryl methyl sites for hydroxylation is 1. The average Bonchev–Trinajstić information content (AvgIpc) is 3.24. The number of nitrogens with zero attached hydrogens (tertiary/aromatic N) is 1. The van der Waals surface area contributed by atoms with E-state index in [1.54, 1.807) is 7.11 Å². The van der Waals surface area contributed by atoms with Crippen molar-refractivity contribution in [1.29, 1.82) is 0 Å². The number of rotatable bonds is 7. The SMILES string of the molecule is COCCNCC(=O)N(C1CC1)C1CCc2ccccc21. The number of carbonyl (C=O) groups is 1. The van der Waals surface area contributed by atoms with E-state index in [4.69, 9.17) is 4.74 Å². The highest BCUT2D eigenvalue weighted by Gasteiger charge is 2.39. The molecule has 114 valence electrons. The number of nitrogens with one attached hydrogen (secondary N) is 1. The van der Waals surface area contributed by atoms with Crippen LogP contribution in [0.15, 0.2) is 24.3 Å². The molecule has 1 fully saturated rings. The van der Waals surface area contributed by atoms with Crippen molar-refractivity contribution >= 4 is 5.91 Å². The molecule has 3 rings (SSSR count). The maximum absolute atomic E-state index is 12.6. The van der Waals surface area contributed by atoms with Gasteiger partial charge in [-0.25, -0.2) is 0 Å². The third-order valence-electron chi connectivity index (χ3n) is 4.42. The number of carbonyl (C=O) groups excluding carboxylic acids is 1. The monoisotopic (exact) mass is 288 g/mol. The summed E-state index contributed by atoms with van der Waals surface area (Å²) in [7, 11) is 1.68. The largest absolute Gasteiger partial charge is 0.383 e. The van der Waals surface area contributed by atoms with Crippen molar-refractivity contribution in [3.05, 3.63) is 35.4 Å². The van der Waals surface area contributed by atoms with Crippen LogP contribution in [-0.4, -0.2) is 43.7 Å². The zero-order valence-electron chi connectivity index (χ0n) is 12.7. The molecule has 4 heteroatoms. The minimum Gasteiger partial charge on any atom is -0.383 e. The molecule has 1 N–H and O–H groups in total. The molecule has 0 aliphatic heterocycles. The van der Waals surface area contributed by atoms with E-state index in [2.05, 4.69) is 34.5 Å². The van der Waals surface area contributed by atoms with Crippen LogP contribution in [0, 0.1) is 0 Å². The Bertz CT molecular complexity index is 499. The number of methoxy groups -OCH3 is 1. The number of hydrogen-bond donors (Lipinski definition) is 1. The lowest BCUT2D eigenvalue weighted by Crippen LogP contribution is -2.42. The van der Waals surface area contributed by atoms with Crippen LogP contribution < -0.4 is 5.32 Å². The second-order valence-corrected chi connectivity index (χ2v) is 5.96. The second-order valence-electron chi connectivity index (χ2n) is 5.96. The smallest absolute Gasteiger partial charge is 0.237 e. The van der Waals surface area contributed by atoms with E-state index in [-0.39, 0.29) is 11.9 Å². The number of fused-ring (bicyclic) bond motifs is 1. The van der Waals surface area contributed by atoms with E-state index >= 15 is 0 Å². The standard InChI is InChI=1S/C17H24N2O2/c1-21-11-10-18-12-17(20)19(14-7-8-14)16-9-6-13-4-2-3-5-15(13)16/h2-5,14,16,18H,6-12H2,1H3. The van der Waals surface area contributed by atoms with Gasteiger partial charge in [0.1, 0.15) is 0 Å². The Morgan fingerprint density at radius 2 is 2.14 bits per heavy atom. The van der Waals surface area contributed by atoms with Gasteiger partial charge in [0.25, 0.3) is 0 Å². The summed E-state index contributed by atoms with van der Waals surface area (Å²) in [6.45, 7) is 1.78. The van der Waals surface area contributed by atoms with Gasteiger partial charge in [-0.05, 0) is 36.8 Å². The van der Waals surface area contributed by atoms with Crippen LogP contribution in [0.1, 0.15) is 36.4 Å². The van der Waals surface area contributed by atoms with Crippen LogP contribution in [-0.2, 0) is 16.0 Å². The van der Waals surface area contributed by atoms with E-state index in [0.717, 1.165) is 32.2 Å². The van der Waals surface area contributed by atoms with Crippen LogP contribution >= 0.6 is 0 Å². The molecule has 21 heavy (non-hydrogen) atoms. The lowest BCUT2D eigenvalue weighted by Gasteiger charge is -2.30. The van der Waals surface area contributed by atoms with E-state index in [9.17, 15) is 4.79 Å². The summed E-state index contributed by atoms with van der Waals surface area (Å²) in [6.07, 6.45) is 4.47. The van der Waals surface area contributed by atoms with Gasteiger partial charge >= 0.3 is 0 Å². The van der Waals surface area contributed by atoms with Crippen LogP contribution in [0.3, 0.4) is 0 Å². The fraction of sp³-hybridized carbons (Fsp3) is 0.588. The highest BCUT2D eigenvalue weighted by atomic mass is 16.5. The van der Waals surface area contributed by atoms with Crippen molar-refractivity contribution in [1.82, 2.24) is 10.2 Å². The first kappa shape index (κ1) is 14.5. The van der Waals surface area contributed by atoms with Gasteiger partial charge in [-0.3, -0.25) is 4.79 Å². The fourth-order valence-electron chi connectivity index (χ4n) is 3.27. The zero-order chi connectivity index (χ0) is 14.7. The Balaban J connectivity index is 1.67. The molecule has 1 aromatic carbocycles. The van der Waals surface area contributed by atoms with Gasteiger partial charge in [0.05, 0.1) is 19.2 Å². The molecule has 0 saturated heterocycles. The molecule has 0 spiro atoms. The minimum atomic E-state index is 0.232. The van der Waals surface area contributed by atoms with E-state index in [0.29, 0.717) is 19.2 Å². The Morgan fingerprint density at radius 1 is 1.33 bits per heavy atom. The Kier molecular flexibility index (Phi) is 4.56. The lowest BCUT2D eigenvalue weighted by atomic mass is 10.1. The van der Waals surface area contributed by atoms with Gasteiger partial charge in [0.15, 0.2) is 0 Å². The first-order chi connectivity index (χ1) is 10.3. The topological polar surface area (TPSA) is 41.6 Å². The summed E-state index contributed by atoms with van der Waals surface area (Å²) in [5, 5.41) is 3.18. The maximum atomic E-state index is 12.6. The van der Waals surface area contributed by atoms with E-state index < -0.39 is 0 Å². The Labute approximate surface area is 126 Å². The lowest BCUT2D eigenvalue weighted by molar-refractivity contribution is -0.133. The molecular weight excluding hydrogens is 264 g/mol. The predicted molar refractivity (Wildman–Crippen MR) is 82.1 cm³/mol. The third-order valence-corrected chi connectivity index (χ3v) is 4.42. The average molecular weight is 288 g/mol. The molecule has 2 aliphatic rings. The van der Waals surface area contributed by atoms with Crippen LogP contribution in [0.4, 0.5) is 0 Å². The molecule has 1 amide bonds. The molecule has 2 aliphatic carbocycles. The molecule has 0 aromatic heterocycles. The third kappa shape index (κ3) is 3.27. The summed E-state index contributed by atoms with van der Waals surface area (Å²) < 4.78 is 5.00. The quantitative estimate of drug-likeness (QED) is 0.779. The van der Waals surface area contributed by atoms with Crippen molar-refractivity contribution in [3.8, 4) is 0 Å². The van der Waals surface area contributed by atoms with Crippen molar-refractivity contribution in [2.75, 3.05) is 26.8 Å². The maximum Gasteiger partial charge on any atom is 0.237 e. The molecule has 1 saturated carbocycles. The fourth-order valence-corrected chi connectivity index (χ4v) is 3.27. The summed E-state index contributed by atoms with van der Waals surface area (Å²) >= 11 is 0. The predicted octanol–water partition coefficient (Wildman–Crippen LogP) is 1.90. The Morgan fingerprint density at radius 3 is 2.90 bits per heavy atom. The molecular formula is C17H24N2O2. The van der Waals surface area contributed by atoms with Crippen molar-refractivity contribution in [2.45, 2.75) is 37.8 Å². The van der Waals surface area contributed by atoms with Crippen molar-refractivity contribution in [2.24, 2.45) is 0 Å². The zero-order valence-corrected chi connectivity index (χ0v) is 12.7. The van der Waals surface area contributed by atoms with Crippen LogP contribution in [0.5, 0.6) is 0 Å². The molecule has 1 aromatic rings. The molecule has 1 unspecified atom stereocenters. The molecule has 1 atom stereocenters. The summed E-state index contributed by atoms with van der Waals surface area (Å²) in [5.41, 5.74) is 2.77. The van der Waals surface area contributed by atoms with Gasteiger partial charge < -0.3 is 15.0 Å². The van der Waals surface area contributed by atoms with E-state index in [1.807, 2.05) is 0 Å². The number of benzene rings is 1.